The lowest BCUT2D eigenvalue weighted by atomic mass is 10.1. The van der Waals surface area contributed by atoms with Crippen molar-refractivity contribution in [3.05, 3.63) is 48.6 Å². The molecule has 1 saturated heterocycles. The first kappa shape index (κ1) is 7.56. The number of hydrogen-bond donors (Lipinski definition) is 1. The summed E-state index contributed by atoms with van der Waals surface area (Å²) >= 11 is 0. The van der Waals surface area contributed by atoms with Crippen molar-refractivity contribution >= 4 is 0 Å². The van der Waals surface area contributed by atoms with E-state index in [1.54, 1.807) is 0 Å². The second-order valence-electron chi connectivity index (χ2n) is 3.19. The molecule has 0 bridgehead atoms. The summed E-state index contributed by atoms with van der Waals surface area (Å²) in [5.74, 6) is 0. The lowest BCUT2D eigenvalue weighted by molar-refractivity contribution is 0.937. The van der Waals surface area contributed by atoms with Gasteiger partial charge in [0.05, 0.1) is 0 Å². The topological polar surface area (TPSA) is 21.9 Å². The van der Waals surface area contributed by atoms with Gasteiger partial charge in [0.15, 0.2) is 0 Å². The lowest BCUT2D eigenvalue weighted by Crippen LogP contribution is -1.85. The SMILES string of the molecule is C=CC[C@H]1N[C@H]1c1ccccc1. The summed E-state index contributed by atoms with van der Waals surface area (Å²) in [6, 6.07) is 11.8. The van der Waals surface area contributed by atoms with Gasteiger partial charge in [-0.1, -0.05) is 36.4 Å². The Morgan fingerprint density at radius 2 is 2.08 bits per heavy atom. The number of hydrogen-bond acceptors (Lipinski definition) is 1. The van der Waals surface area contributed by atoms with Crippen LogP contribution >= 0.6 is 0 Å². The molecular weight excluding hydrogens is 146 g/mol. The normalized spacial score (nSPS) is 26.7. The average molecular weight is 159 g/mol. The van der Waals surface area contributed by atoms with E-state index in [0.717, 1.165) is 6.42 Å². The summed E-state index contributed by atoms with van der Waals surface area (Å²) < 4.78 is 0. The third-order valence-electron chi connectivity index (χ3n) is 2.27. The largest absolute Gasteiger partial charge is 0.304 e. The standard InChI is InChI=1S/C11H13N/c1-2-6-10-11(12-10)9-7-4-3-5-8-9/h2-5,7-8,10-12H,1,6H2/t10-,11+/m1/s1. The molecule has 12 heavy (non-hydrogen) atoms. The number of nitrogens with one attached hydrogen (secondary N) is 1. The molecule has 1 heteroatoms. The molecule has 0 radical (unpaired) electrons. The summed E-state index contributed by atoms with van der Waals surface area (Å²) in [6.07, 6.45) is 3.04. The minimum absolute atomic E-state index is 0.573. The van der Waals surface area contributed by atoms with Gasteiger partial charge in [-0.2, -0.15) is 0 Å². The van der Waals surface area contributed by atoms with E-state index in [-0.39, 0.29) is 0 Å². The van der Waals surface area contributed by atoms with Crippen LogP contribution in [0.25, 0.3) is 0 Å². The highest BCUT2D eigenvalue weighted by molar-refractivity contribution is 5.26. The predicted octanol–water partition coefficient (Wildman–Crippen LogP) is 2.28. The summed E-state index contributed by atoms with van der Waals surface area (Å²) in [4.78, 5) is 0. The summed E-state index contributed by atoms with van der Waals surface area (Å²) in [7, 11) is 0. The Bertz CT molecular complexity index is 266. The van der Waals surface area contributed by atoms with Gasteiger partial charge >= 0.3 is 0 Å². The zero-order valence-corrected chi connectivity index (χ0v) is 7.03. The molecule has 1 heterocycles. The molecule has 1 nitrogen and oxygen atoms in total. The van der Waals surface area contributed by atoms with Crippen LogP contribution in [-0.4, -0.2) is 6.04 Å². The first-order valence-corrected chi connectivity index (χ1v) is 4.33. The van der Waals surface area contributed by atoms with E-state index in [9.17, 15) is 0 Å². The Morgan fingerprint density at radius 1 is 1.33 bits per heavy atom. The first-order chi connectivity index (χ1) is 5.92. The van der Waals surface area contributed by atoms with Gasteiger partial charge in [0, 0.05) is 12.1 Å². The van der Waals surface area contributed by atoms with Crippen molar-refractivity contribution in [1.29, 1.82) is 0 Å². The van der Waals surface area contributed by atoms with Crippen molar-refractivity contribution < 1.29 is 0 Å². The molecule has 1 aliphatic heterocycles. The van der Waals surface area contributed by atoms with Crippen LogP contribution in [-0.2, 0) is 0 Å². The van der Waals surface area contributed by atoms with E-state index < -0.39 is 0 Å². The van der Waals surface area contributed by atoms with Gasteiger partial charge in [-0.3, -0.25) is 0 Å². The smallest absolute Gasteiger partial charge is 0.0482 e. The molecule has 1 aromatic carbocycles. The maximum absolute atomic E-state index is 3.73. The van der Waals surface area contributed by atoms with Crippen LogP contribution in [0, 0.1) is 0 Å². The Kier molecular flexibility index (Phi) is 1.96. The average Bonchev–Trinajstić information content (AvgIpc) is 2.87. The molecule has 0 aliphatic carbocycles. The van der Waals surface area contributed by atoms with Gasteiger partial charge in [-0.05, 0) is 12.0 Å². The Labute approximate surface area is 73.1 Å². The zero-order chi connectivity index (χ0) is 8.39. The Morgan fingerprint density at radius 3 is 2.75 bits per heavy atom. The van der Waals surface area contributed by atoms with Gasteiger partial charge in [0.25, 0.3) is 0 Å². The van der Waals surface area contributed by atoms with E-state index in [4.69, 9.17) is 0 Å². The van der Waals surface area contributed by atoms with Gasteiger partial charge < -0.3 is 5.32 Å². The fourth-order valence-corrected chi connectivity index (χ4v) is 1.55. The summed E-state index contributed by atoms with van der Waals surface area (Å²) in [5.41, 5.74) is 1.39. The van der Waals surface area contributed by atoms with Gasteiger partial charge in [0.2, 0.25) is 0 Å². The third kappa shape index (κ3) is 1.41. The monoisotopic (exact) mass is 159 g/mol. The zero-order valence-electron chi connectivity index (χ0n) is 7.03. The van der Waals surface area contributed by atoms with E-state index in [1.807, 2.05) is 12.1 Å². The minimum Gasteiger partial charge on any atom is -0.304 e. The molecule has 0 aromatic heterocycles. The second-order valence-corrected chi connectivity index (χ2v) is 3.19. The van der Waals surface area contributed by atoms with Crippen LogP contribution < -0.4 is 5.32 Å². The molecule has 0 amide bonds. The van der Waals surface area contributed by atoms with Crippen LogP contribution in [0.1, 0.15) is 18.0 Å². The van der Waals surface area contributed by atoms with Crippen LogP contribution in [0.5, 0.6) is 0 Å². The molecule has 1 aliphatic rings. The minimum atomic E-state index is 0.573. The maximum Gasteiger partial charge on any atom is 0.0482 e. The predicted molar refractivity (Wildman–Crippen MR) is 50.9 cm³/mol. The van der Waals surface area contributed by atoms with Crippen molar-refractivity contribution in [3.8, 4) is 0 Å². The highest BCUT2D eigenvalue weighted by Crippen LogP contribution is 2.31. The fraction of sp³-hybridized carbons (Fsp3) is 0.273. The summed E-state index contributed by atoms with van der Waals surface area (Å²) in [5, 5.41) is 3.41. The van der Waals surface area contributed by atoms with E-state index in [0.29, 0.717) is 12.1 Å². The molecule has 0 saturated carbocycles. The van der Waals surface area contributed by atoms with Gasteiger partial charge in [-0.25, -0.2) is 0 Å². The Hall–Kier alpha value is -1.08. The molecule has 1 N–H and O–H groups in total. The molecule has 0 unspecified atom stereocenters. The highest BCUT2D eigenvalue weighted by atomic mass is 15.1. The third-order valence-corrected chi connectivity index (χ3v) is 2.27. The lowest BCUT2D eigenvalue weighted by Gasteiger charge is -1.94. The van der Waals surface area contributed by atoms with Crippen LogP contribution in [0.4, 0.5) is 0 Å². The van der Waals surface area contributed by atoms with Crippen LogP contribution in [0.15, 0.2) is 43.0 Å². The van der Waals surface area contributed by atoms with E-state index in [1.165, 1.54) is 5.56 Å². The quantitative estimate of drug-likeness (QED) is 0.530. The number of benzene rings is 1. The van der Waals surface area contributed by atoms with E-state index >= 15 is 0 Å². The molecule has 1 fully saturated rings. The fourth-order valence-electron chi connectivity index (χ4n) is 1.55. The van der Waals surface area contributed by atoms with E-state index in [2.05, 4.69) is 36.2 Å². The van der Waals surface area contributed by atoms with Crippen molar-refractivity contribution in [1.82, 2.24) is 5.32 Å². The molecule has 2 atom stereocenters. The molecule has 1 aromatic rings. The van der Waals surface area contributed by atoms with Gasteiger partial charge in [-0.15, -0.1) is 6.58 Å². The second kappa shape index (κ2) is 3.11. The summed E-state index contributed by atoms with van der Waals surface area (Å²) in [6.45, 7) is 3.73. The molecule has 62 valence electrons. The van der Waals surface area contributed by atoms with Gasteiger partial charge in [0.1, 0.15) is 0 Å². The van der Waals surface area contributed by atoms with Crippen molar-refractivity contribution in [3.63, 3.8) is 0 Å². The van der Waals surface area contributed by atoms with Crippen molar-refractivity contribution in [2.45, 2.75) is 18.5 Å². The molecule has 0 spiro atoms. The molecule has 2 rings (SSSR count). The number of rotatable bonds is 3. The Balaban J connectivity index is 2.01. The molecular formula is C11H13N. The van der Waals surface area contributed by atoms with Crippen LogP contribution in [0.2, 0.25) is 0 Å². The van der Waals surface area contributed by atoms with Crippen molar-refractivity contribution in [2.24, 2.45) is 0 Å². The maximum atomic E-state index is 3.73. The first-order valence-electron chi connectivity index (χ1n) is 4.33. The van der Waals surface area contributed by atoms with Crippen molar-refractivity contribution in [2.75, 3.05) is 0 Å². The highest BCUT2D eigenvalue weighted by Gasteiger charge is 2.35. The van der Waals surface area contributed by atoms with Crippen LogP contribution in [0.3, 0.4) is 0 Å².